The predicted molar refractivity (Wildman–Crippen MR) is 77.3 cm³/mol. The van der Waals surface area contributed by atoms with Gasteiger partial charge < -0.3 is 15.4 Å². The minimum atomic E-state index is 0.564. The molecule has 18 heavy (non-hydrogen) atoms. The van der Waals surface area contributed by atoms with E-state index in [1.165, 1.54) is 19.3 Å². The van der Waals surface area contributed by atoms with E-state index in [4.69, 9.17) is 10.5 Å². The molecule has 0 aromatic heterocycles. The third kappa shape index (κ3) is 2.26. The molecule has 1 aromatic carbocycles. The second-order valence-corrected chi connectivity index (χ2v) is 5.02. The summed E-state index contributed by atoms with van der Waals surface area (Å²) < 4.78 is 5.59. The second-order valence-electron chi connectivity index (χ2n) is 5.02. The van der Waals surface area contributed by atoms with Crippen molar-refractivity contribution in [2.24, 2.45) is 0 Å². The van der Waals surface area contributed by atoms with Crippen molar-refractivity contribution in [3.05, 3.63) is 18.2 Å². The molecule has 100 valence electrons. The first kappa shape index (κ1) is 13.1. The maximum atomic E-state index is 6.26. The van der Waals surface area contributed by atoms with Crippen molar-refractivity contribution in [2.75, 3.05) is 17.2 Å². The second kappa shape index (κ2) is 5.51. The average molecular weight is 248 g/mol. The summed E-state index contributed by atoms with van der Waals surface area (Å²) in [5.74, 6) is 0.809. The van der Waals surface area contributed by atoms with E-state index < -0.39 is 0 Å². The van der Waals surface area contributed by atoms with Gasteiger partial charge in [-0.1, -0.05) is 13.0 Å². The first-order chi connectivity index (χ1) is 8.69. The van der Waals surface area contributed by atoms with E-state index in [-0.39, 0.29) is 0 Å². The summed E-state index contributed by atoms with van der Waals surface area (Å²) in [5.41, 5.74) is 8.18. The molecule has 0 aliphatic carbocycles. The molecule has 1 saturated heterocycles. The van der Waals surface area contributed by atoms with Crippen LogP contribution in [0, 0.1) is 0 Å². The van der Waals surface area contributed by atoms with Crippen LogP contribution in [0.1, 0.15) is 40.0 Å². The number of nitrogens with zero attached hydrogens (tertiary/aromatic N) is 1. The van der Waals surface area contributed by atoms with E-state index in [1.54, 1.807) is 0 Å². The number of nitrogen functional groups attached to an aromatic ring is 1. The highest BCUT2D eigenvalue weighted by Gasteiger charge is 2.30. The predicted octanol–water partition coefficient (Wildman–Crippen LogP) is 3.43. The molecule has 0 saturated carbocycles. The minimum absolute atomic E-state index is 0.564. The van der Waals surface area contributed by atoms with Gasteiger partial charge in [-0.15, -0.1) is 0 Å². The number of hydrogen-bond donors (Lipinski definition) is 1. The number of para-hydroxylation sites is 1. The van der Waals surface area contributed by atoms with Crippen molar-refractivity contribution in [3.63, 3.8) is 0 Å². The third-order valence-corrected chi connectivity index (χ3v) is 3.88. The lowest BCUT2D eigenvalue weighted by molar-refractivity contribution is 0.342. The van der Waals surface area contributed by atoms with Gasteiger partial charge in [0.05, 0.1) is 18.0 Å². The number of ether oxygens (including phenoxy) is 1. The summed E-state index contributed by atoms with van der Waals surface area (Å²) in [6.45, 7) is 7.17. The summed E-state index contributed by atoms with van der Waals surface area (Å²) >= 11 is 0. The molecule has 3 heteroatoms. The SMILES string of the molecule is CCOc1cccc(N2C(C)CCC2CC)c1N. The van der Waals surface area contributed by atoms with Gasteiger partial charge in [0.15, 0.2) is 0 Å². The Bertz CT molecular complexity index is 405. The molecule has 3 nitrogen and oxygen atoms in total. The standard InChI is InChI=1S/C15H24N2O/c1-4-12-10-9-11(3)17(12)13-7-6-8-14(15(13)16)18-5-2/h6-8,11-12H,4-5,9-10,16H2,1-3H3. The Morgan fingerprint density at radius 2 is 2.11 bits per heavy atom. The zero-order valence-corrected chi connectivity index (χ0v) is 11.6. The minimum Gasteiger partial charge on any atom is -0.492 e. The Morgan fingerprint density at radius 3 is 2.78 bits per heavy atom. The maximum absolute atomic E-state index is 6.26. The third-order valence-electron chi connectivity index (χ3n) is 3.88. The Kier molecular flexibility index (Phi) is 4.00. The van der Waals surface area contributed by atoms with E-state index in [0.29, 0.717) is 18.7 Å². The number of hydrogen-bond acceptors (Lipinski definition) is 3. The summed E-state index contributed by atoms with van der Waals surface area (Å²) in [6, 6.07) is 7.27. The monoisotopic (exact) mass is 248 g/mol. The van der Waals surface area contributed by atoms with Crippen LogP contribution in [0.2, 0.25) is 0 Å². The quantitative estimate of drug-likeness (QED) is 0.830. The van der Waals surface area contributed by atoms with Crippen molar-refractivity contribution in [1.82, 2.24) is 0 Å². The van der Waals surface area contributed by atoms with E-state index in [0.717, 1.165) is 17.1 Å². The lowest BCUT2D eigenvalue weighted by Crippen LogP contribution is -2.34. The molecule has 1 aliphatic heterocycles. The van der Waals surface area contributed by atoms with Crippen LogP contribution in [0.5, 0.6) is 5.75 Å². The highest BCUT2D eigenvalue weighted by Crippen LogP contribution is 2.39. The highest BCUT2D eigenvalue weighted by molar-refractivity contribution is 5.75. The van der Waals surface area contributed by atoms with Crippen LogP contribution in [-0.2, 0) is 0 Å². The average Bonchev–Trinajstić information content (AvgIpc) is 2.73. The van der Waals surface area contributed by atoms with Gasteiger partial charge in [-0.05, 0) is 45.2 Å². The Hall–Kier alpha value is -1.38. The molecular weight excluding hydrogens is 224 g/mol. The summed E-state index contributed by atoms with van der Waals surface area (Å²) in [4.78, 5) is 2.47. The fraction of sp³-hybridized carbons (Fsp3) is 0.600. The lowest BCUT2D eigenvalue weighted by atomic mass is 10.1. The van der Waals surface area contributed by atoms with Gasteiger partial charge in [0.25, 0.3) is 0 Å². The van der Waals surface area contributed by atoms with Gasteiger partial charge >= 0.3 is 0 Å². The molecule has 1 heterocycles. The molecule has 1 aromatic rings. The Balaban J connectivity index is 2.34. The van der Waals surface area contributed by atoms with E-state index in [1.807, 2.05) is 19.1 Å². The van der Waals surface area contributed by atoms with Gasteiger partial charge in [-0.25, -0.2) is 0 Å². The molecule has 2 rings (SSSR count). The first-order valence-electron chi connectivity index (χ1n) is 6.98. The number of anilines is 2. The summed E-state index contributed by atoms with van der Waals surface area (Å²) in [5, 5.41) is 0. The zero-order valence-electron chi connectivity index (χ0n) is 11.6. The van der Waals surface area contributed by atoms with Crippen LogP contribution in [0.4, 0.5) is 11.4 Å². The Labute approximate surface area is 110 Å². The summed E-state index contributed by atoms with van der Waals surface area (Å²) in [7, 11) is 0. The van der Waals surface area contributed by atoms with Crippen LogP contribution in [0.3, 0.4) is 0 Å². The van der Waals surface area contributed by atoms with Crippen molar-refractivity contribution in [2.45, 2.75) is 52.1 Å². The van der Waals surface area contributed by atoms with Crippen LogP contribution in [0.25, 0.3) is 0 Å². The summed E-state index contributed by atoms with van der Waals surface area (Å²) in [6.07, 6.45) is 3.68. The largest absolute Gasteiger partial charge is 0.492 e. The molecule has 0 amide bonds. The normalized spacial score (nSPS) is 23.4. The van der Waals surface area contributed by atoms with Crippen molar-refractivity contribution >= 4 is 11.4 Å². The number of rotatable bonds is 4. The lowest BCUT2D eigenvalue weighted by Gasteiger charge is -2.31. The van der Waals surface area contributed by atoms with E-state index >= 15 is 0 Å². The molecule has 2 N–H and O–H groups in total. The molecule has 0 radical (unpaired) electrons. The van der Waals surface area contributed by atoms with Crippen molar-refractivity contribution in [3.8, 4) is 5.75 Å². The molecule has 2 unspecified atom stereocenters. The Morgan fingerprint density at radius 1 is 1.33 bits per heavy atom. The van der Waals surface area contributed by atoms with Gasteiger partial charge in [-0.3, -0.25) is 0 Å². The van der Waals surface area contributed by atoms with Gasteiger partial charge in [0.1, 0.15) is 5.75 Å². The van der Waals surface area contributed by atoms with Crippen molar-refractivity contribution in [1.29, 1.82) is 0 Å². The van der Waals surface area contributed by atoms with Gasteiger partial charge in [-0.2, -0.15) is 0 Å². The number of benzene rings is 1. The fourth-order valence-electron chi connectivity index (χ4n) is 2.95. The van der Waals surface area contributed by atoms with E-state index in [9.17, 15) is 0 Å². The van der Waals surface area contributed by atoms with Crippen LogP contribution < -0.4 is 15.4 Å². The van der Waals surface area contributed by atoms with Crippen LogP contribution >= 0.6 is 0 Å². The van der Waals surface area contributed by atoms with E-state index in [2.05, 4.69) is 24.8 Å². The maximum Gasteiger partial charge on any atom is 0.144 e. The molecule has 1 fully saturated rings. The fourth-order valence-corrected chi connectivity index (χ4v) is 2.95. The zero-order chi connectivity index (χ0) is 13.1. The highest BCUT2D eigenvalue weighted by atomic mass is 16.5. The first-order valence-corrected chi connectivity index (χ1v) is 6.98. The van der Waals surface area contributed by atoms with Crippen LogP contribution in [0.15, 0.2) is 18.2 Å². The molecule has 2 atom stereocenters. The van der Waals surface area contributed by atoms with Gasteiger partial charge in [0.2, 0.25) is 0 Å². The molecule has 0 bridgehead atoms. The van der Waals surface area contributed by atoms with Gasteiger partial charge in [0, 0.05) is 12.1 Å². The van der Waals surface area contributed by atoms with Crippen LogP contribution in [-0.4, -0.2) is 18.7 Å². The molecular formula is C15H24N2O. The topological polar surface area (TPSA) is 38.5 Å². The smallest absolute Gasteiger partial charge is 0.144 e. The number of nitrogens with two attached hydrogens (primary N) is 1. The molecule has 0 spiro atoms. The molecule has 1 aliphatic rings. The van der Waals surface area contributed by atoms with Crippen molar-refractivity contribution < 1.29 is 4.74 Å².